The average molecular weight is 293 g/mol. The number of benzene rings is 1. The number of nitro benzene ring substituents is 1. The highest BCUT2D eigenvalue weighted by atomic mass is 16.6. The number of nitrogens with zero attached hydrogens (tertiary/aromatic N) is 2. The molecule has 21 heavy (non-hydrogen) atoms. The highest BCUT2D eigenvalue weighted by Crippen LogP contribution is 2.25. The summed E-state index contributed by atoms with van der Waals surface area (Å²) in [6, 6.07) is 4.99. The van der Waals surface area contributed by atoms with Gasteiger partial charge in [-0.15, -0.1) is 0 Å². The smallest absolute Gasteiger partial charge is 0.269 e. The molecule has 0 aliphatic carbocycles. The SMILES string of the molecule is CCNc1ccc([N+](=O)[O-])cc1CN1CCC(CO)CC1. The van der Waals surface area contributed by atoms with Gasteiger partial charge in [0, 0.05) is 37.5 Å². The third-order valence-electron chi connectivity index (χ3n) is 4.03. The van der Waals surface area contributed by atoms with Crippen LogP contribution >= 0.6 is 0 Å². The molecule has 1 saturated heterocycles. The lowest BCUT2D eigenvalue weighted by atomic mass is 9.97. The van der Waals surface area contributed by atoms with Crippen molar-refractivity contribution in [3.05, 3.63) is 33.9 Å². The lowest BCUT2D eigenvalue weighted by Gasteiger charge is -2.31. The number of nitro groups is 1. The Hall–Kier alpha value is -1.66. The van der Waals surface area contributed by atoms with E-state index < -0.39 is 0 Å². The molecule has 1 aliphatic heterocycles. The highest BCUT2D eigenvalue weighted by Gasteiger charge is 2.20. The largest absolute Gasteiger partial charge is 0.396 e. The maximum absolute atomic E-state index is 10.9. The van der Waals surface area contributed by atoms with Gasteiger partial charge in [0.25, 0.3) is 5.69 Å². The van der Waals surface area contributed by atoms with Gasteiger partial charge in [-0.2, -0.15) is 0 Å². The van der Waals surface area contributed by atoms with E-state index in [9.17, 15) is 15.2 Å². The molecule has 6 heteroatoms. The lowest BCUT2D eigenvalue weighted by molar-refractivity contribution is -0.384. The van der Waals surface area contributed by atoms with Crippen molar-refractivity contribution in [1.82, 2.24) is 4.90 Å². The van der Waals surface area contributed by atoms with E-state index in [0.717, 1.165) is 43.7 Å². The molecule has 6 nitrogen and oxygen atoms in total. The molecule has 0 amide bonds. The van der Waals surface area contributed by atoms with E-state index in [1.807, 2.05) is 6.92 Å². The Morgan fingerprint density at radius 1 is 1.43 bits per heavy atom. The van der Waals surface area contributed by atoms with Crippen molar-refractivity contribution in [3.8, 4) is 0 Å². The molecule has 1 fully saturated rings. The molecule has 1 aromatic rings. The van der Waals surface area contributed by atoms with Crippen molar-refractivity contribution in [2.24, 2.45) is 5.92 Å². The molecule has 0 spiro atoms. The molecule has 2 rings (SSSR count). The first kappa shape index (κ1) is 15.7. The zero-order chi connectivity index (χ0) is 15.2. The van der Waals surface area contributed by atoms with Gasteiger partial charge in [0.2, 0.25) is 0 Å². The van der Waals surface area contributed by atoms with Gasteiger partial charge in [0.05, 0.1) is 4.92 Å². The highest BCUT2D eigenvalue weighted by molar-refractivity contribution is 5.56. The zero-order valence-electron chi connectivity index (χ0n) is 12.4. The number of aliphatic hydroxyl groups is 1. The first-order valence-electron chi connectivity index (χ1n) is 7.48. The lowest BCUT2D eigenvalue weighted by Crippen LogP contribution is -2.34. The zero-order valence-corrected chi connectivity index (χ0v) is 12.4. The van der Waals surface area contributed by atoms with Crippen LogP contribution in [0.25, 0.3) is 0 Å². The fourth-order valence-corrected chi connectivity index (χ4v) is 2.76. The predicted molar refractivity (Wildman–Crippen MR) is 82.3 cm³/mol. The van der Waals surface area contributed by atoms with E-state index >= 15 is 0 Å². The van der Waals surface area contributed by atoms with Crippen LogP contribution in [0, 0.1) is 16.0 Å². The fourth-order valence-electron chi connectivity index (χ4n) is 2.76. The van der Waals surface area contributed by atoms with E-state index in [-0.39, 0.29) is 17.2 Å². The molecule has 116 valence electrons. The Morgan fingerprint density at radius 2 is 2.14 bits per heavy atom. The molecule has 0 bridgehead atoms. The standard InChI is InChI=1S/C15H23N3O3/c1-2-16-15-4-3-14(18(20)21)9-13(15)10-17-7-5-12(11-19)6-8-17/h3-4,9,12,16,19H,2,5-8,10-11H2,1H3. The van der Waals surface area contributed by atoms with Crippen molar-refractivity contribution in [2.45, 2.75) is 26.3 Å². The number of rotatable bonds is 6. The van der Waals surface area contributed by atoms with Crippen LogP contribution in [0.2, 0.25) is 0 Å². The molecular formula is C15H23N3O3. The second-order valence-electron chi connectivity index (χ2n) is 5.53. The van der Waals surface area contributed by atoms with E-state index in [1.54, 1.807) is 18.2 Å². The summed E-state index contributed by atoms with van der Waals surface area (Å²) < 4.78 is 0. The van der Waals surface area contributed by atoms with E-state index in [1.165, 1.54) is 0 Å². The van der Waals surface area contributed by atoms with Gasteiger partial charge in [-0.05, 0) is 50.4 Å². The monoisotopic (exact) mass is 293 g/mol. The van der Waals surface area contributed by atoms with Gasteiger partial charge < -0.3 is 10.4 Å². The summed E-state index contributed by atoms with van der Waals surface area (Å²) in [4.78, 5) is 12.9. The summed E-state index contributed by atoms with van der Waals surface area (Å²) >= 11 is 0. The van der Waals surface area contributed by atoms with Gasteiger partial charge >= 0.3 is 0 Å². The van der Waals surface area contributed by atoms with E-state index in [4.69, 9.17) is 0 Å². The molecule has 1 aromatic carbocycles. The second-order valence-corrected chi connectivity index (χ2v) is 5.53. The quantitative estimate of drug-likeness (QED) is 0.621. The third kappa shape index (κ3) is 4.15. The number of nitrogens with one attached hydrogen (secondary N) is 1. The first-order valence-corrected chi connectivity index (χ1v) is 7.48. The molecule has 1 aliphatic rings. The maximum atomic E-state index is 10.9. The molecule has 0 atom stereocenters. The van der Waals surface area contributed by atoms with Gasteiger partial charge in [-0.1, -0.05) is 0 Å². The Labute approximate surface area is 124 Å². The van der Waals surface area contributed by atoms with E-state index in [0.29, 0.717) is 12.5 Å². The minimum atomic E-state index is -0.350. The topological polar surface area (TPSA) is 78.6 Å². The fraction of sp³-hybridized carbons (Fsp3) is 0.600. The Bertz CT molecular complexity index is 485. The second kappa shape index (κ2) is 7.38. The van der Waals surface area contributed by atoms with Crippen LogP contribution in [-0.2, 0) is 6.54 Å². The minimum Gasteiger partial charge on any atom is -0.396 e. The van der Waals surface area contributed by atoms with Crippen molar-refractivity contribution in [1.29, 1.82) is 0 Å². The van der Waals surface area contributed by atoms with Crippen LogP contribution in [0.5, 0.6) is 0 Å². The van der Waals surface area contributed by atoms with Crippen LogP contribution in [0.15, 0.2) is 18.2 Å². The number of hydrogen-bond acceptors (Lipinski definition) is 5. The Morgan fingerprint density at radius 3 is 2.71 bits per heavy atom. The summed E-state index contributed by atoms with van der Waals surface area (Å²) in [6.45, 7) is 5.63. The van der Waals surface area contributed by atoms with Crippen LogP contribution in [0.3, 0.4) is 0 Å². The summed E-state index contributed by atoms with van der Waals surface area (Å²) in [7, 11) is 0. The van der Waals surface area contributed by atoms with Crippen LogP contribution < -0.4 is 5.32 Å². The number of non-ortho nitro benzene ring substituents is 1. The van der Waals surface area contributed by atoms with Crippen LogP contribution in [0.1, 0.15) is 25.3 Å². The summed E-state index contributed by atoms with van der Waals surface area (Å²) in [5.74, 6) is 0.402. The number of piperidine rings is 1. The van der Waals surface area contributed by atoms with Gasteiger partial charge in [0.15, 0.2) is 0 Å². The molecule has 2 N–H and O–H groups in total. The number of aliphatic hydroxyl groups excluding tert-OH is 1. The number of hydrogen-bond donors (Lipinski definition) is 2. The Kier molecular flexibility index (Phi) is 5.52. The molecule has 1 heterocycles. The summed E-state index contributed by atoms with van der Waals surface area (Å²) in [5.41, 5.74) is 2.07. The van der Waals surface area contributed by atoms with Crippen molar-refractivity contribution >= 4 is 11.4 Å². The average Bonchev–Trinajstić information content (AvgIpc) is 2.50. The predicted octanol–water partition coefficient (Wildman–Crippen LogP) is 2.23. The molecular weight excluding hydrogens is 270 g/mol. The molecule has 0 aromatic heterocycles. The normalized spacial score (nSPS) is 16.9. The number of anilines is 1. The van der Waals surface area contributed by atoms with E-state index in [2.05, 4.69) is 10.2 Å². The molecule has 0 saturated carbocycles. The van der Waals surface area contributed by atoms with Crippen molar-refractivity contribution in [2.75, 3.05) is 31.6 Å². The van der Waals surface area contributed by atoms with Crippen molar-refractivity contribution < 1.29 is 10.0 Å². The Balaban J connectivity index is 2.09. The third-order valence-corrected chi connectivity index (χ3v) is 4.03. The summed E-state index contributed by atoms with van der Waals surface area (Å²) in [5, 5.41) is 23.4. The van der Waals surface area contributed by atoms with Gasteiger partial charge in [0.1, 0.15) is 0 Å². The van der Waals surface area contributed by atoms with Gasteiger partial charge in [-0.25, -0.2) is 0 Å². The molecule has 0 radical (unpaired) electrons. The van der Waals surface area contributed by atoms with Gasteiger partial charge in [-0.3, -0.25) is 15.0 Å². The summed E-state index contributed by atoms with van der Waals surface area (Å²) in [6.07, 6.45) is 1.98. The minimum absolute atomic E-state index is 0.136. The first-order chi connectivity index (χ1) is 10.1. The molecule has 0 unspecified atom stereocenters. The van der Waals surface area contributed by atoms with Crippen LogP contribution in [0.4, 0.5) is 11.4 Å². The number of likely N-dealkylation sites (tertiary alicyclic amines) is 1. The van der Waals surface area contributed by atoms with Crippen LogP contribution in [-0.4, -0.2) is 41.2 Å². The van der Waals surface area contributed by atoms with Crippen molar-refractivity contribution in [3.63, 3.8) is 0 Å². The maximum Gasteiger partial charge on any atom is 0.269 e.